The molecular formula is C9H14F3N3. The molecule has 0 radical (unpaired) electrons. The molecule has 0 aromatic rings. The normalized spacial score (nSPS) is 14.3. The standard InChI is InChI=1S/C9H14F3N3/c1-8(13-2)4-3-6-14-15-7-5-9(10,11)12/h6-7H,3-5H2,1-2H3/b13-8?,14-6+,15-7+. The maximum Gasteiger partial charge on any atom is 0.394 e. The highest BCUT2D eigenvalue weighted by Crippen LogP contribution is 2.17. The van der Waals surface area contributed by atoms with Crippen LogP contribution in [0, 0.1) is 0 Å². The number of hydrogen-bond acceptors (Lipinski definition) is 3. The molecule has 0 unspecified atom stereocenters. The van der Waals surface area contributed by atoms with E-state index in [2.05, 4.69) is 15.2 Å². The molecule has 3 nitrogen and oxygen atoms in total. The third-order valence-electron chi connectivity index (χ3n) is 1.57. The summed E-state index contributed by atoms with van der Waals surface area (Å²) < 4.78 is 34.9. The van der Waals surface area contributed by atoms with Crippen molar-refractivity contribution in [2.75, 3.05) is 7.05 Å². The first-order chi connectivity index (χ1) is 6.95. The fraction of sp³-hybridized carbons (Fsp3) is 0.667. The smallest absolute Gasteiger partial charge is 0.298 e. The molecule has 0 fully saturated rings. The molecule has 0 N–H and O–H groups in total. The Morgan fingerprint density at radius 1 is 1.20 bits per heavy atom. The molecule has 0 heterocycles. The van der Waals surface area contributed by atoms with Crippen LogP contribution in [-0.2, 0) is 0 Å². The van der Waals surface area contributed by atoms with Crippen LogP contribution in [0.1, 0.15) is 26.2 Å². The topological polar surface area (TPSA) is 37.1 Å². The van der Waals surface area contributed by atoms with Gasteiger partial charge < -0.3 is 0 Å². The van der Waals surface area contributed by atoms with Crippen LogP contribution in [0.25, 0.3) is 0 Å². The van der Waals surface area contributed by atoms with E-state index >= 15 is 0 Å². The average molecular weight is 221 g/mol. The molecule has 0 aromatic carbocycles. The molecule has 0 spiro atoms. The van der Waals surface area contributed by atoms with Gasteiger partial charge in [-0.2, -0.15) is 23.4 Å². The van der Waals surface area contributed by atoms with E-state index in [1.54, 1.807) is 7.05 Å². The fourth-order valence-electron chi connectivity index (χ4n) is 0.682. The van der Waals surface area contributed by atoms with Crippen molar-refractivity contribution in [2.24, 2.45) is 15.2 Å². The number of alkyl halides is 3. The van der Waals surface area contributed by atoms with Gasteiger partial charge in [-0.25, -0.2) is 0 Å². The van der Waals surface area contributed by atoms with E-state index in [1.807, 2.05) is 6.92 Å². The number of rotatable bonds is 5. The molecule has 0 rings (SSSR count). The van der Waals surface area contributed by atoms with Crippen LogP contribution < -0.4 is 0 Å². The highest BCUT2D eigenvalue weighted by molar-refractivity contribution is 5.83. The van der Waals surface area contributed by atoms with Crippen molar-refractivity contribution in [2.45, 2.75) is 32.4 Å². The molecule has 0 atom stereocenters. The minimum Gasteiger partial charge on any atom is -0.298 e. The van der Waals surface area contributed by atoms with E-state index in [1.165, 1.54) is 6.21 Å². The Hall–Kier alpha value is -1.20. The maximum atomic E-state index is 11.6. The van der Waals surface area contributed by atoms with E-state index in [4.69, 9.17) is 0 Å². The minimum absolute atomic E-state index is 0.631. The molecule has 0 aliphatic carbocycles. The van der Waals surface area contributed by atoms with Gasteiger partial charge in [0.25, 0.3) is 0 Å². The van der Waals surface area contributed by atoms with Crippen molar-refractivity contribution < 1.29 is 13.2 Å². The highest BCUT2D eigenvalue weighted by atomic mass is 19.4. The lowest BCUT2D eigenvalue weighted by atomic mass is 10.2. The van der Waals surface area contributed by atoms with Gasteiger partial charge in [-0.3, -0.25) is 4.99 Å². The number of aliphatic imine (C=N–C) groups is 1. The molecule has 0 aromatic heterocycles. The van der Waals surface area contributed by atoms with Crippen molar-refractivity contribution in [1.29, 1.82) is 0 Å². The summed E-state index contributed by atoms with van der Waals surface area (Å²) >= 11 is 0. The molecule has 0 amide bonds. The van der Waals surface area contributed by atoms with Crippen molar-refractivity contribution in [3.05, 3.63) is 0 Å². The van der Waals surface area contributed by atoms with Gasteiger partial charge in [0.05, 0.1) is 6.42 Å². The molecule has 0 bridgehead atoms. The van der Waals surface area contributed by atoms with Crippen LogP contribution in [0.2, 0.25) is 0 Å². The van der Waals surface area contributed by atoms with Gasteiger partial charge >= 0.3 is 6.18 Å². The van der Waals surface area contributed by atoms with E-state index in [0.717, 1.165) is 18.3 Å². The molecule has 86 valence electrons. The van der Waals surface area contributed by atoms with Crippen LogP contribution in [0.5, 0.6) is 0 Å². The van der Waals surface area contributed by atoms with Crippen molar-refractivity contribution >= 4 is 18.1 Å². The zero-order chi connectivity index (χ0) is 11.7. The lowest BCUT2D eigenvalue weighted by Gasteiger charge is -1.98. The Kier molecular flexibility index (Phi) is 6.57. The van der Waals surface area contributed by atoms with E-state index in [9.17, 15) is 13.2 Å². The maximum absolute atomic E-state index is 11.6. The summed E-state index contributed by atoms with van der Waals surface area (Å²) in [6.45, 7) is 1.88. The Labute approximate surface area is 86.8 Å². The van der Waals surface area contributed by atoms with Crippen LogP contribution in [0.15, 0.2) is 15.2 Å². The Morgan fingerprint density at radius 3 is 2.33 bits per heavy atom. The van der Waals surface area contributed by atoms with Gasteiger partial charge in [0.2, 0.25) is 0 Å². The van der Waals surface area contributed by atoms with Gasteiger partial charge in [-0.15, -0.1) is 0 Å². The van der Waals surface area contributed by atoms with Crippen LogP contribution >= 0.6 is 0 Å². The average Bonchev–Trinajstić information content (AvgIpc) is 2.14. The summed E-state index contributed by atoms with van der Waals surface area (Å²) in [6.07, 6.45) is -1.65. The second kappa shape index (κ2) is 7.14. The number of halogens is 3. The third-order valence-corrected chi connectivity index (χ3v) is 1.57. The van der Waals surface area contributed by atoms with E-state index < -0.39 is 12.6 Å². The molecule has 15 heavy (non-hydrogen) atoms. The Bertz CT molecular complexity index is 254. The summed E-state index contributed by atoms with van der Waals surface area (Å²) in [4.78, 5) is 3.92. The second-order valence-corrected chi connectivity index (χ2v) is 2.91. The summed E-state index contributed by atoms with van der Waals surface area (Å²) in [6, 6.07) is 0. The minimum atomic E-state index is -4.20. The summed E-state index contributed by atoms with van der Waals surface area (Å²) in [7, 11) is 1.69. The first-order valence-electron chi connectivity index (χ1n) is 4.48. The van der Waals surface area contributed by atoms with Crippen molar-refractivity contribution in [1.82, 2.24) is 0 Å². The molecule has 0 aliphatic heterocycles. The Balaban J connectivity index is 3.63. The monoisotopic (exact) mass is 221 g/mol. The zero-order valence-electron chi connectivity index (χ0n) is 8.75. The second-order valence-electron chi connectivity index (χ2n) is 2.91. The summed E-state index contributed by atoms with van der Waals surface area (Å²) in [5, 5.41) is 6.73. The molecule has 0 saturated heterocycles. The predicted octanol–water partition coefficient (Wildman–Crippen LogP) is 2.87. The first-order valence-corrected chi connectivity index (χ1v) is 4.48. The number of nitrogens with zero attached hydrogens (tertiary/aromatic N) is 3. The van der Waals surface area contributed by atoms with Gasteiger partial charge in [0.1, 0.15) is 0 Å². The first kappa shape index (κ1) is 13.8. The quantitative estimate of drug-likeness (QED) is 0.505. The number of hydrogen-bond donors (Lipinski definition) is 0. The largest absolute Gasteiger partial charge is 0.394 e. The lowest BCUT2D eigenvalue weighted by Crippen LogP contribution is -2.06. The van der Waals surface area contributed by atoms with Crippen LogP contribution in [0.3, 0.4) is 0 Å². The summed E-state index contributed by atoms with van der Waals surface area (Å²) in [5.74, 6) is 0. The fourth-order valence-corrected chi connectivity index (χ4v) is 0.682. The van der Waals surface area contributed by atoms with Crippen LogP contribution in [0.4, 0.5) is 13.2 Å². The summed E-state index contributed by atoms with van der Waals surface area (Å²) in [5.41, 5.74) is 0.973. The van der Waals surface area contributed by atoms with E-state index in [0.29, 0.717) is 6.42 Å². The molecule has 6 heteroatoms. The zero-order valence-corrected chi connectivity index (χ0v) is 8.75. The van der Waals surface area contributed by atoms with Crippen molar-refractivity contribution in [3.8, 4) is 0 Å². The molecule has 0 saturated carbocycles. The van der Waals surface area contributed by atoms with Gasteiger partial charge in [-0.05, 0) is 19.8 Å². The molecular weight excluding hydrogens is 207 g/mol. The Morgan fingerprint density at radius 2 is 1.80 bits per heavy atom. The lowest BCUT2D eigenvalue weighted by molar-refractivity contribution is -0.120. The van der Waals surface area contributed by atoms with E-state index in [-0.39, 0.29) is 0 Å². The predicted molar refractivity (Wildman–Crippen MR) is 55.9 cm³/mol. The van der Waals surface area contributed by atoms with Gasteiger partial charge in [-0.1, -0.05) is 0 Å². The SMILES string of the molecule is CN=C(C)CC/C=N/N=C/CC(F)(F)F. The third kappa shape index (κ3) is 10.7. The van der Waals surface area contributed by atoms with Crippen LogP contribution in [-0.4, -0.2) is 31.4 Å². The molecule has 0 aliphatic rings. The van der Waals surface area contributed by atoms with Crippen molar-refractivity contribution in [3.63, 3.8) is 0 Å². The van der Waals surface area contributed by atoms with Gasteiger partial charge in [0.15, 0.2) is 0 Å². The highest BCUT2D eigenvalue weighted by Gasteiger charge is 2.25. The van der Waals surface area contributed by atoms with Gasteiger partial charge in [0, 0.05) is 25.2 Å².